The quantitative estimate of drug-likeness (QED) is 0.486. The lowest BCUT2D eigenvalue weighted by molar-refractivity contribution is -0.116. The average molecular weight is 468 g/mol. The molecule has 0 saturated carbocycles. The highest BCUT2D eigenvalue weighted by Crippen LogP contribution is 2.26. The molecule has 0 aliphatic heterocycles. The van der Waals surface area contributed by atoms with Gasteiger partial charge in [0.15, 0.2) is 11.6 Å². The second-order valence-corrected chi connectivity index (χ2v) is 7.64. The lowest BCUT2D eigenvalue weighted by Gasteiger charge is -2.10. The van der Waals surface area contributed by atoms with E-state index in [-0.39, 0.29) is 29.6 Å². The van der Waals surface area contributed by atoms with E-state index in [0.29, 0.717) is 38.7 Å². The number of Topliss-reactive ketones (excluding diaryl/α,β-unsaturated/α-hetero) is 1. The van der Waals surface area contributed by atoms with E-state index in [2.05, 4.69) is 15.4 Å². The third kappa shape index (κ3) is 5.11. The highest BCUT2D eigenvalue weighted by atomic mass is 35.5. The summed E-state index contributed by atoms with van der Waals surface area (Å²) in [5.74, 6) is 0.486. The van der Waals surface area contributed by atoms with Gasteiger partial charge in [0.25, 0.3) is 0 Å². The number of aromatic nitrogens is 3. The average Bonchev–Trinajstić information content (AvgIpc) is 3.05. The second-order valence-electron chi connectivity index (χ2n) is 6.36. The van der Waals surface area contributed by atoms with Crippen LogP contribution >= 0.6 is 34.8 Å². The Morgan fingerprint density at radius 3 is 2.57 bits per heavy atom. The zero-order chi connectivity index (χ0) is 21.8. The number of nitrogens with zero attached hydrogens (tertiary/aromatic N) is 3. The predicted molar refractivity (Wildman–Crippen MR) is 116 cm³/mol. The van der Waals surface area contributed by atoms with Gasteiger partial charge >= 0.3 is 0 Å². The van der Waals surface area contributed by atoms with Crippen molar-refractivity contribution in [2.24, 2.45) is 0 Å². The first-order valence-corrected chi connectivity index (χ1v) is 9.96. The number of halogens is 3. The number of carbonyl (C=O) groups is 2. The van der Waals surface area contributed by atoms with Gasteiger partial charge in [0.2, 0.25) is 5.91 Å². The van der Waals surface area contributed by atoms with Crippen LogP contribution in [0.1, 0.15) is 28.9 Å². The van der Waals surface area contributed by atoms with Crippen molar-refractivity contribution in [1.29, 1.82) is 0 Å². The number of anilines is 1. The Balaban J connectivity index is 1.72. The molecule has 0 bridgehead atoms. The summed E-state index contributed by atoms with van der Waals surface area (Å²) in [6, 6.07) is 7.97. The topological polar surface area (TPSA) is 86.1 Å². The molecule has 2 aromatic heterocycles. The minimum atomic E-state index is -0.365. The monoisotopic (exact) mass is 466 g/mol. The van der Waals surface area contributed by atoms with Gasteiger partial charge in [0.1, 0.15) is 11.6 Å². The van der Waals surface area contributed by atoms with E-state index in [1.165, 1.54) is 30.1 Å². The summed E-state index contributed by atoms with van der Waals surface area (Å²) in [4.78, 5) is 29.2. The fourth-order valence-corrected chi connectivity index (χ4v) is 3.41. The zero-order valence-corrected chi connectivity index (χ0v) is 18.3. The highest BCUT2D eigenvalue weighted by Gasteiger charge is 2.17. The maximum atomic E-state index is 12.5. The number of carbonyl (C=O) groups excluding carboxylic acids is 2. The number of ketones is 1. The Kier molecular flexibility index (Phi) is 6.97. The molecule has 30 heavy (non-hydrogen) atoms. The molecule has 0 atom stereocenters. The summed E-state index contributed by atoms with van der Waals surface area (Å²) in [6.45, 7) is 1.77. The van der Waals surface area contributed by atoms with E-state index >= 15 is 0 Å². The highest BCUT2D eigenvalue weighted by molar-refractivity contribution is 6.35. The van der Waals surface area contributed by atoms with Crippen LogP contribution in [0.3, 0.4) is 0 Å². The van der Waals surface area contributed by atoms with E-state index in [1.54, 1.807) is 25.1 Å². The molecule has 0 radical (unpaired) electrons. The van der Waals surface area contributed by atoms with Crippen LogP contribution in [0, 0.1) is 6.92 Å². The van der Waals surface area contributed by atoms with E-state index in [1.807, 2.05) is 0 Å². The minimum absolute atomic E-state index is 0.0182. The van der Waals surface area contributed by atoms with Gasteiger partial charge in [-0.25, -0.2) is 4.98 Å². The van der Waals surface area contributed by atoms with Gasteiger partial charge in [-0.2, -0.15) is 9.78 Å². The van der Waals surface area contributed by atoms with E-state index < -0.39 is 0 Å². The van der Waals surface area contributed by atoms with Crippen LogP contribution in [0.2, 0.25) is 15.1 Å². The number of amides is 1. The molecule has 3 aromatic rings. The van der Waals surface area contributed by atoms with E-state index in [0.717, 1.165) is 0 Å². The molecule has 3 rings (SSSR count). The van der Waals surface area contributed by atoms with Gasteiger partial charge in [-0.05, 0) is 31.2 Å². The number of pyridine rings is 1. The molecular formula is C20H17Cl3N4O3. The first-order valence-electron chi connectivity index (χ1n) is 8.83. The Morgan fingerprint density at radius 2 is 1.87 bits per heavy atom. The van der Waals surface area contributed by atoms with Crippen molar-refractivity contribution in [3.63, 3.8) is 0 Å². The normalized spacial score (nSPS) is 10.7. The number of benzene rings is 1. The molecule has 0 fully saturated rings. The Hall–Kier alpha value is -2.61. The first kappa shape index (κ1) is 22.1. The number of nitrogens with one attached hydrogen (secondary N) is 1. The lowest BCUT2D eigenvalue weighted by atomic mass is 10.1. The maximum absolute atomic E-state index is 12.5. The fraction of sp³-hybridized carbons (Fsp3) is 0.200. The number of rotatable bonds is 7. The fourth-order valence-electron chi connectivity index (χ4n) is 2.78. The van der Waals surface area contributed by atoms with Gasteiger partial charge < -0.3 is 10.1 Å². The Labute approximate surface area is 187 Å². The molecule has 1 amide bonds. The Bertz CT molecular complexity index is 1110. The van der Waals surface area contributed by atoms with Crippen LogP contribution in [0.5, 0.6) is 5.75 Å². The smallest absolute Gasteiger partial charge is 0.225 e. The van der Waals surface area contributed by atoms with Crippen molar-refractivity contribution in [3.05, 3.63) is 62.9 Å². The second kappa shape index (κ2) is 9.47. The van der Waals surface area contributed by atoms with Crippen molar-refractivity contribution < 1.29 is 14.3 Å². The summed E-state index contributed by atoms with van der Waals surface area (Å²) in [6.07, 6.45) is 1.37. The number of aryl methyl sites for hydroxylation is 1. The summed E-state index contributed by atoms with van der Waals surface area (Å²) >= 11 is 18.1. The van der Waals surface area contributed by atoms with E-state index in [9.17, 15) is 9.59 Å². The molecule has 0 unspecified atom stereocenters. The molecule has 2 heterocycles. The van der Waals surface area contributed by atoms with Crippen LogP contribution < -0.4 is 10.1 Å². The molecule has 1 N–H and O–H groups in total. The van der Waals surface area contributed by atoms with Crippen molar-refractivity contribution >= 4 is 52.3 Å². The van der Waals surface area contributed by atoms with Crippen molar-refractivity contribution in [1.82, 2.24) is 14.8 Å². The van der Waals surface area contributed by atoms with Gasteiger partial charge in [-0.1, -0.05) is 34.8 Å². The number of hydrogen-bond donors (Lipinski definition) is 1. The van der Waals surface area contributed by atoms with Crippen LogP contribution in [-0.4, -0.2) is 33.6 Å². The Morgan fingerprint density at radius 1 is 1.10 bits per heavy atom. The lowest BCUT2D eigenvalue weighted by Crippen LogP contribution is -2.17. The van der Waals surface area contributed by atoms with E-state index in [4.69, 9.17) is 39.5 Å². The standard InChI is InChI=1S/C20H17Cl3N4O3/c1-11-7-18(27(26-11)20-15(23)9-13(22)10-24-20)25-19(29)6-4-16(28)14-8-12(21)3-5-17(14)30-2/h3,5,7-10H,4,6H2,1-2H3,(H,25,29). The zero-order valence-electron chi connectivity index (χ0n) is 16.1. The van der Waals surface area contributed by atoms with Gasteiger partial charge in [0, 0.05) is 30.1 Å². The summed E-state index contributed by atoms with van der Waals surface area (Å²) in [5, 5.41) is 8.13. The maximum Gasteiger partial charge on any atom is 0.225 e. The molecule has 10 heteroatoms. The summed E-state index contributed by atoms with van der Waals surface area (Å²) in [5.41, 5.74) is 0.980. The first-order chi connectivity index (χ1) is 14.3. The van der Waals surface area contributed by atoms with Crippen molar-refractivity contribution in [2.75, 3.05) is 12.4 Å². The van der Waals surface area contributed by atoms with Crippen LogP contribution in [0.15, 0.2) is 36.5 Å². The molecule has 0 spiro atoms. The van der Waals surface area contributed by atoms with Crippen molar-refractivity contribution in [2.45, 2.75) is 19.8 Å². The van der Waals surface area contributed by atoms with Crippen molar-refractivity contribution in [3.8, 4) is 11.6 Å². The van der Waals surface area contributed by atoms with Crippen LogP contribution in [-0.2, 0) is 4.79 Å². The number of methoxy groups -OCH3 is 1. The van der Waals surface area contributed by atoms with Gasteiger partial charge in [-0.3, -0.25) is 9.59 Å². The largest absolute Gasteiger partial charge is 0.496 e. The molecule has 1 aromatic carbocycles. The molecular weight excluding hydrogens is 451 g/mol. The van der Waals surface area contributed by atoms with Crippen LogP contribution in [0.4, 0.5) is 5.82 Å². The van der Waals surface area contributed by atoms with Gasteiger partial charge in [0.05, 0.1) is 28.4 Å². The molecule has 156 valence electrons. The molecule has 0 aliphatic rings. The third-order valence-corrected chi connectivity index (χ3v) is 4.85. The number of ether oxygens (including phenoxy) is 1. The molecule has 0 saturated heterocycles. The van der Waals surface area contributed by atoms with Crippen LogP contribution in [0.25, 0.3) is 5.82 Å². The molecule has 0 aliphatic carbocycles. The summed E-state index contributed by atoms with van der Waals surface area (Å²) in [7, 11) is 1.46. The third-order valence-electron chi connectivity index (χ3n) is 4.13. The predicted octanol–water partition coefficient (Wildman–Crippen LogP) is 5.15. The minimum Gasteiger partial charge on any atom is -0.496 e. The van der Waals surface area contributed by atoms with Gasteiger partial charge in [-0.15, -0.1) is 0 Å². The molecule has 7 nitrogen and oxygen atoms in total. The SMILES string of the molecule is COc1ccc(Cl)cc1C(=O)CCC(=O)Nc1cc(C)nn1-c1ncc(Cl)cc1Cl. The number of hydrogen-bond acceptors (Lipinski definition) is 5. The summed E-state index contributed by atoms with van der Waals surface area (Å²) < 4.78 is 6.60.